The summed E-state index contributed by atoms with van der Waals surface area (Å²) in [6.45, 7) is 20.9. The van der Waals surface area contributed by atoms with Gasteiger partial charge >= 0.3 is 42.6 Å². The average Bonchev–Trinajstić information content (AvgIpc) is 1.53. The molecule has 0 unspecified atom stereocenters. The molecule has 0 radical (unpaired) electrons. The number of aryl methyl sites for hydroxylation is 2. The van der Waals surface area contributed by atoms with Gasteiger partial charge in [-0.2, -0.15) is 0 Å². The number of phenols is 1. The highest BCUT2D eigenvalue weighted by molar-refractivity contribution is 8.77. The number of esters is 2. The van der Waals surface area contributed by atoms with E-state index in [1.807, 2.05) is 62.4 Å². The fourth-order valence-electron chi connectivity index (χ4n) is 15.4. The van der Waals surface area contributed by atoms with Crippen LogP contribution >= 0.6 is 43.2 Å². The number of nitrogens with zero attached hydrogens (tertiary/aromatic N) is 10. The number of aromatic nitrogens is 4. The molecule has 4 aromatic carbocycles. The van der Waals surface area contributed by atoms with Gasteiger partial charge in [0.1, 0.15) is 56.7 Å². The maximum absolute atomic E-state index is 14.1. The molecule has 4 aromatic heterocycles. The van der Waals surface area contributed by atoms with Gasteiger partial charge in [-0.3, -0.25) is 19.4 Å². The number of amides is 2. The smallest absolute Gasteiger partial charge is 0.508 e. The predicted molar refractivity (Wildman–Crippen MR) is 465 cm³/mol. The number of pyridine rings is 4. The largest absolute Gasteiger partial charge is 0.514 e. The molecule has 14 rings (SSSR count). The number of carbonyl (C=O) groups is 7. The number of benzene rings is 4. The first-order valence-corrected chi connectivity index (χ1v) is 44.6. The minimum absolute atomic E-state index is 0. The van der Waals surface area contributed by atoms with Crippen LogP contribution in [0.4, 0.5) is 46.7 Å². The first-order chi connectivity index (χ1) is 57.2. The molecule has 8 aromatic rings. The van der Waals surface area contributed by atoms with Crippen molar-refractivity contribution in [3.8, 4) is 34.3 Å². The highest BCUT2D eigenvalue weighted by Gasteiger charge is 2.53. The van der Waals surface area contributed by atoms with E-state index >= 15 is 0 Å². The Morgan fingerprint density at radius 3 is 1.29 bits per heavy atom. The van der Waals surface area contributed by atoms with Gasteiger partial charge in [0.15, 0.2) is 0 Å². The molecular weight excluding hydrogens is 1620 g/mol. The summed E-state index contributed by atoms with van der Waals surface area (Å²) < 4.78 is 58.1. The first kappa shape index (κ1) is 88.9. The number of ether oxygens (including phenoxy) is 10. The summed E-state index contributed by atoms with van der Waals surface area (Å²) in [5.41, 5.74) is 6.41. The van der Waals surface area contributed by atoms with Crippen molar-refractivity contribution in [1.82, 2.24) is 28.9 Å². The van der Waals surface area contributed by atoms with Crippen LogP contribution in [0.1, 0.15) is 113 Å². The minimum Gasteiger partial charge on any atom is -0.508 e. The summed E-state index contributed by atoms with van der Waals surface area (Å²) in [6, 6.07) is 29.2. The monoisotopic (exact) mass is 1720 g/mol. The Labute approximate surface area is 711 Å². The standard InChI is InChI=1S/C45H53N5O11S2.C40H45N5O9S2.CH4/c1-8-31-32-24-30(59-43(55)60-44(3,4)5)14-15-36(32)46-38-33(31)26-50-37(38)25-35-34(39(50)51)27-58-40(52)45(35,9-2)61-42(54)57-21-23-63-62-22-20-56-41(53)48(7)28-10-12-29(13-11-28)49-18-16-47(6)17-19-49;1-5-28-29-21-27(46)11-12-33(29)41-35-30(28)23-45-34(35)22-32-31(36(45)47)24-53-37(48)40(32,6-2)54-39(50)52-18-20-56-55-19-17-51-38(49)43(4)25-7-9-26(10-8-25)44-15-13-42(3)14-16-44;/h10-15,24-25H,8-9,16-23,26-27H2,1-7H3;7-12,21-22,46H,5-6,13-20,23-24H2,1-4H3;1H4/t45-;40-;/m00./s1. The van der Waals surface area contributed by atoms with Crippen LogP contribution in [0.3, 0.4) is 0 Å². The molecule has 0 saturated carbocycles. The number of hydrogen-bond acceptors (Lipinski definition) is 30. The summed E-state index contributed by atoms with van der Waals surface area (Å²) in [5.74, 6) is 0.677. The lowest BCUT2D eigenvalue weighted by molar-refractivity contribution is -0.175. The van der Waals surface area contributed by atoms with Crippen molar-refractivity contribution in [1.29, 1.82) is 0 Å². The van der Waals surface area contributed by atoms with E-state index in [0.717, 1.165) is 108 Å². The Kier molecular flexibility index (Phi) is 28.6. The van der Waals surface area contributed by atoms with Gasteiger partial charge in [0.05, 0.1) is 58.0 Å². The van der Waals surface area contributed by atoms with E-state index in [2.05, 4.69) is 33.7 Å². The van der Waals surface area contributed by atoms with Crippen molar-refractivity contribution < 1.29 is 86.0 Å². The fraction of sp³-hybridized carbons (Fsp3) is 0.453. The van der Waals surface area contributed by atoms with Crippen LogP contribution in [0.2, 0.25) is 0 Å². The Balaban J connectivity index is 0.000000220. The molecule has 2 amide bonds. The zero-order chi connectivity index (χ0) is 84.6. The highest BCUT2D eigenvalue weighted by atomic mass is 33.1. The molecule has 0 bridgehead atoms. The zero-order valence-electron chi connectivity index (χ0n) is 68.5. The summed E-state index contributed by atoms with van der Waals surface area (Å²) in [7, 11) is 13.4. The zero-order valence-corrected chi connectivity index (χ0v) is 71.8. The van der Waals surface area contributed by atoms with Crippen molar-refractivity contribution in [2.45, 2.75) is 125 Å². The van der Waals surface area contributed by atoms with Crippen molar-refractivity contribution >= 4 is 130 Å². The second-order valence-corrected chi connectivity index (χ2v) is 35.7. The maximum Gasteiger partial charge on any atom is 0.514 e. The highest BCUT2D eigenvalue weighted by Crippen LogP contribution is 2.46. The van der Waals surface area contributed by atoms with Gasteiger partial charge in [0.2, 0.25) is 11.2 Å². The molecule has 0 aliphatic carbocycles. The molecule has 120 heavy (non-hydrogen) atoms. The molecule has 2 atom stereocenters. The van der Waals surface area contributed by atoms with Crippen LogP contribution in [-0.2, 0) is 103 Å². The number of likely N-dealkylation sites (N-methyl/N-ethyl adjacent to an activating group) is 2. The van der Waals surface area contributed by atoms with Gasteiger partial charge in [-0.25, -0.2) is 43.5 Å². The lowest BCUT2D eigenvalue weighted by atomic mass is 9.85. The number of carbonyl (C=O) groups excluding carboxylic acids is 7. The number of cyclic esters (lactones) is 2. The molecule has 30 nitrogen and oxygen atoms in total. The Morgan fingerprint density at radius 1 is 0.508 bits per heavy atom. The summed E-state index contributed by atoms with van der Waals surface area (Å²) >= 11 is 0. The van der Waals surface area contributed by atoms with Crippen molar-refractivity contribution in [3.05, 3.63) is 162 Å². The molecular formula is C86H102N10O20S4. The molecule has 2 fully saturated rings. The fourth-order valence-corrected chi connectivity index (χ4v) is 18.7. The van der Waals surface area contributed by atoms with Crippen LogP contribution in [-0.4, -0.2) is 212 Å². The third kappa shape index (κ3) is 19.2. The van der Waals surface area contributed by atoms with Crippen LogP contribution in [0.25, 0.3) is 44.6 Å². The summed E-state index contributed by atoms with van der Waals surface area (Å²) in [6.07, 6.45) is -2.64. The molecule has 2 saturated heterocycles. The minimum atomic E-state index is -1.92. The lowest BCUT2D eigenvalue weighted by Crippen LogP contribution is -2.47. The SMILES string of the molecule is C.CCc1c2c(nc3ccc(O)cc13)-c1cc3c(c(=O)n1C2)COC(=O)[C@@]3(CC)OC(=O)OCCSSCCOC(=O)N(C)c1ccc(N2CCN(C)CC2)cc1.CCc1c2c(nc3ccc(OC(=O)OC(C)(C)C)cc13)-c1cc3c(c(=O)n1C2)COC(=O)[C@@]3(CC)OC(=O)OCCSSCCOC(=O)N(C)c1ccc(N2CCN(C)CC2)cc1. The topological polar surface area (TPSA) is 321 Å². The van der Waals surface area contributed by atoms with Crippen LogP contribution in [0.15, 0.2) is 107 Å². The first-order valence-electron chi connectivity index (χ1n) is 39.7. The lowest BCUT2D eigenvalue weighted by Gasteiger charge is -2.35. The van der Waals surface area contributed by atoms with Crippen LogP contribution in [0.5, 0.6) is 11.5 Å². The summed E-state index contributed by atoms with van der Waals surface area (Å²) in [5, 5.41) is 11.7. The Bertz CT molecular complexity index is 5300. The Morgan fingerprint density at radius 2 is 0.900 bits per heavy atom. The molecule has 6 aliphatic rings. The van der Waals surface area contributed by atoms with Crippen molar-refractivity contribution in [3.63, 3.8) is 0 Å². The van der Waals surface area contributed by atoms with Gasteiger partial charge in [-0.05, 0) is 169 Å². The second kappa shape index (κ2) is 38.6. The number of fused-ring (bicyclic) bond motifs is 10. The molecule has 0 spiro atoms. The predicted octanol–water partition coefficient (Wildman–Crippen LogP) is 14.1. The van der Waals surface area contributed by atoms with E-state index in [9.17, 15) is 48.3 Å². The Hall–Kier alpha value is -10.4. The van der Waals surface area contributed by atoms with E-state index in [1.54, 1.807) is 106 Å². The summed E-state index contributed by atoms with van der Waals surface area (Å²) in [4.78, 5) is 141. The van der Waals surface area contributed by atoms with E-state index in [1.165, 1.54) is 53.0 Å². The molecule has 10 heterocycles. The number of anilines is 4. The van der Waals surface area contributed by atoms with Gasteiger partial charge in [-0.1, -0.05) is 78.3 Å². The quantitative estimate of drug-likeness (QED) is 0.0183. The van der Waals surface area contributed by atoms with E-state index in [4.69, 9.17) is 57.3 Å². The van der Waals surface area contributed by atoms with E-state index in [-0.39, 0.29) is 112 Å². The van der Waals surface area contributed by atoms with Crippen LogP contribution in [0, 0.1) is 0 Å². The molecule has 34 heteroatoms. The van der Waals surface area contributed by atoms with Gasteiger partial charge in [0.25, 0.3) is 11.1 Å². The average molecular weight is 1720 g/mol. The number of phenolic OH excluding ortho intramolecular Hbond substituents is 1. The van der Waals surface area contributed by atoms with Crippen LogP contribution < -0.4 is 35.5 Å². The van der Waals surface area contributed by atoms with Gasteiger partial charge < -0.3 is 81.2 Å². The van der Waals surface area contributed by atoms with E-state index in [0.29, 0.717) is 75.4 Å². The molecule has 6 aliphatic heterocycles. The van der Waals surface area contributed by atoms with Crippen molar-refractivity contribution in [2.75, 3.05) is 150 Å². The third-order valence-electron chi connectivity index (χ3n) is 21.8. The second-order valence-electron chi connectivity index (χ2n) is 30.3. The number of hydrogen-bond donors (Lipinski definition) is 1. The number of aromatic hydroxyl groups is 1. The third-order valence-corrected chi connectivity index (χ3v) is 26.5. The number of rotatable bonds is 25. The molecule has 640 valence electrons. The maximum atomic E-state index is 14.1. The van der Waals surface area contributed by atoms with Gasteiger partial charge in [-0.15, -0.1) is 0 Å². The van der Waals surface area contributed by atoms with Gasteiger partial charge in [0, 0.05) is 145 Å². The van der Waals surface area contributed by atoms with E-state index < -0.39 is 59.4 Å². The molecule has 1 N–H and O–H groups in total. The van der Waals surface area contributed by atoms with Crippen molar-refractivity contribution in [2.24, 2.45) is 0 Å². The normalized spacial score (nSPS) is 17.1. The number of piperazine rings is 2.